The number of hydrogen-bond donors (Lipinski definition) is 1. The third-order valence-corrected chi connectivity index (χ3v) is 3.89. The molecule has 106 valence electrons. The van der Waals surface area contributed by atoms with E-state index in [9.17, 15) is 0 Å². The van der Waals surface area contributed by atoms with E-state index < -0.39 is 0 Å². The fourth-order valence-corrected chi connectivity index (χ4v) is 2.77. The third-order valence-electron chi connectivity index (χ3n) is 3.89. The van der Waals surface area contributed by atoms with Crippen molar-refractivity contribution in [1.82, 2.24) is 4.98 Å². The molecule has 4 rings (SSSR count). The highest BCUT2D eigenvalue weighted by atomic mass is 16.5. The van der Waals surface area contributed by atoms with E-state index in [4.69, 9.17) is 9.15 Å². The molecule has 0 spiro atoms. The van der Waals surface area contributed by atoms with E-state index in [-0.39, 0.29) is 0 Å². The Morgan fingerprint density at radius 2 is 2.14 bits per heavy atom. The molecule has 1 aliphatic rings. The Morgan fingerprint density at radius 3 is 3.05 bits per heavy atom. The molecule has 21 heavy (non-hydrogen) atoms. The first-order valence-electron chi connectivity index (χ1n) is 7.15. The quantitative estimate of drug-likeness (QED) is 0.774. The number of aromatic nitrogens is 1. The summed E-state index contributed by atoms with van der Waals surface area (Å²) in [6, 6.07) is 12.0. The molecule has 0 bridgehead atoms. The highest BCUT2D eigenvalue weighted by Crippen LogP contribution is 2.30. The van der Waals surface area contributed by atoms with Crippen LogP contribution >= 0.6 is 0 Å². The molecule has 4 heteroatoms. The van der Waals surface area contributed by atoms with Gasteiger partial charge in [-0.1, -0.05) is 0 Å². The van der Waals surface area contributed by atoms with Gasteiger partial charge in [-0.05, 0) is 48.7 Å². The lowest BCUT2D eigenvalue weighted by Gasteiger charge is -2.17. The van der Waals surface area contributed by atoms with Crippen LogP contribution in [0.5, 0.6) is 5.75 Å². The summed E-state index contributed by atoms with van der Waals surface area (Å²) in [5, 5.41) is 3.42. The standard InChI is InChI=1S/C17H16N2O2/c1-20-13-5-7-16-15(10-13)19-17(21-16)12-4-6-14-11(9-12)3-2-8-18-14/h4-7,9-10,18H,2-3,8H2,1H3. The lowest BCUT2D eigenvalue weighted by molar-refractivity contribution is 0.415. The number of methoxy groups -OCH3 is 1. The second kappa shape index (κ2) is 4.81. The maximum atomic E-state index is 5.86. The minimum absolute atomic E-state index is 0.659. The van der Waals surface area contributed by atoms with Gasteiger partial charge in [-0.2, -0.15) is 0 Å². The Labute approximate surface area is 122 Å². The zero-order chi connectivity index (χ0) is 14.2. The maximum absolute atomic E-state index is 5.86. The number of aryl methyl sites for hydroxylation is 1. The van der Waals surface area contributed by atoms with Crippen molar-refractivity contribution in [1.29, 1.82) is 0 Å². The lowest BCUT2D eigenvalue weighted by atomic mass is 10.0. The molecule has 1 N–H and O–H groups in total. The summed E-state index contributed by atoms with van der Waals surface area (Å²) >= 11 is 0. The van der Waals surface area contributed by atoms with Crippen molar-refractivity contribution in [3.8, 4) is 17.2 Å². The summed E-state index contributed by atoms with van der Waals surface area (Å²) in [7, 11) is 1.65. The van der Waals surface area contributed by atoms with Crippen LogP contribution in [-0.2, 0) is 6.42 Å². The fraction of sp³-hybridized carbons (Fsp3) is 0.235. The highest BCUT2D eigenvalue weighted by Gasteiger charge is 2.13. The van der Waals surface area contributed by atoms with E-state index in [0.29, 0.717) is 5.89 Å². The van der Waals surface area contributed by atoms with Gasteiger partial charge in [0.1, 0.15) is 11.3 Å². The van der Waals surface area contributed by atoms with Gasteiger partial charge < -0.3 is 14.5 Å². The van der Waals surface area contributed by atoms with Gasteiger partial charge in [0.25, 0.3) is 0 Å². The van der Waals surface area contributed by atoms with Crippen molar-refractivity contribution in [3.05, 3.63) is 42.0 Å². The largest absolute Gasteiger partial charge is 0.497 e. The van der Waals surface area contributed by atoms with Gasteiger partial charge in [0.05, 0.1) is 7.11 Å². The first-order chi connectivity index (χ1) is 10.3. The molecule has 0 atom stereocenters. The Morgan fingerprint density at radius 1 is 1.19 bits per heavy atom. The average molecular weight is 280 g/mol. The second-order valence-corrected chi connectivity index (χ2v) is 5.25. The highest BCUT2D eigenvalue weighted by molar-refractivity contribution is 5.78. The van der Waals surface area contributed by atoms with Gasteiger partial charge in [-0.25, -0.2) is 4.98 Å². The van der Waals surface area contributed by atoms with E-state index in [1.54, 1.807) is 7.11 Å². The summed E-state index contributed by atoms with van der Waals surface area (Å²) in [4.78, 5) is 4.57. The van der Waals surface area contributed by atoms with Gasteiger partial charge >= 0.3 is 0 Å². The van der Waals surface area contributed by atoms with E-state index >= 15 is 0 Å². The van der Waals surface area contributed by atoms with Crippen LogP contribution in [0, 0.1) is 0 Å². The minimum Gasteiger partial charge on any atom is -0.497 e. The summed E-state index contributed by atoms with van der Waals surface area (Å²) in [6.07, 6.45) is 2.27. The van der Waals surface area contributed by atoms with Gasteiger partial charge in [0, 0.05) is 23.9 Å². The van der Waals surface area contributed by atoms with Crippen molar-refractivity contribution in [3.63, 3.8) is 0 Å². The Balaban J connectivity index is 1.78. The Bertz CT molecular complexity index is 808. The predicted molar refractivity (Wildman–Crippen MR) is 82.8 cm³/mol. The van der Waals surface area contributed by atoms with E-state index in [0.717, 1.165) is 35.4 Å². The number of fused-ring (bicyclic) bond motifs is 2. The van der Waals surface area contributed by atoms with Crippen LogP contribution in [0.25, 0.3) is 22.6 Å². The number of oxazole rings is 1. The van der Waals surface area contributed by atoms with Crippen LogP contribution in [0.15, 0.2) is 40.8 Å². The molecule has 3 aromatic rings. The SMILES string of the molecule is COc1ccc2oc(-c3ccc4c(c3)CCCN4)nc2c1. The Kier molecular flexibility index (Phi) is 2.81. The van der Waals surface area contributed by atoms with Crippen LogP contribution in [0.1, 0.15) is 12.0 Å². The van der Waals surface area contributed by atoms with Crippen LogP contribution in [0.4, 0.5) is 5.69 Å². The molecule has 0 radical (unpaired) electrons. The van der Waals surface area contributed by atoms with Crippen LogP contribution in [-0.4, -0.2) is 18.6 Å². The molecule has 2 heterocycles. The number of nitrogens with one attached hydrogen (secondary N) is 1. The maximum Gasteiger partial charge on any atom is 0.227 e. The van der Waals surface area contributed by atoms with E-state index in [1.807, 2.05) is 18.2 Å². The number of nitrogens with zero attached hydrogens (tertiary/aromatic N) is 1. The predicted octanol–water partition coefficient (Wildman–Crippen LogP) is 3.86. The zero-order valence-corrected chi connectivity index (χ0v) is 11.8. The first-order valence-corrected chi connectivity index (χ1v) is 7.15. The monoisotopic (exact) mass is 280 g/mol. The van der Waals surface area contributed by atoms with Gasteiger partial charge in [-0.15, -0.1) is 0 Å². The summed E-state index contributed by atoms with van der Waals surface area (Å²) in [5.74, 6) is 1.45. The molecule has 2 aromatic carbocycles. The summed E-state index contributed by atoms with van der Waals surface area (Å²) in [5.41, 5.74) is 5.18. The molecule has 0 amide bonds. The molecule has 0 saturated heterocycles. The molecule has 0 unspecified atom stereocenters. The Hall–Kier alpha value is -2.49. The zero-order valence-electron chi connectivity index (χ0n) is 11.8. The first kappa shape index (κ1) is 12.3. The smallest absolute Gasteiger partial charge is 0.227 e. The number of hydrogen-bond acceptors (Lipinski definition) is 4. The normalized spacial score (nSPS) is 13.8. The van der Waals surface area contributed by atoms with E-state index in [2.05, 4.69) is 28.5 Å². The van der Waals surface area contributed by atoms with Gasteiger partial charge in [0.2, 0.25) is 5.89 Å². The lowest BCUT2D eigenvalue weighted by Crippen LogP contribution is -2.11. The second-order valence-electron chi connectivity index (χ2n) is 5.25. The van der Waals surface area contributed by atoms with Crippen molar-refractivity contribution in [2.45, 2.75) is 12.8 Å². The minimum atomic E-state index is 0.659. The van der Waals surface area contributed by atoms with Crippen LogP contribution in [0.3, 0.4) is 0 Å². The molecule has 0 fully saturated rings. The summed E-state index contributed by atoms with van der Waals surface area (Å²) < 4.78 is 11.1. The van der Waals surface area contributed by atoms with Crippen molar-refractivity contribution < 1.29 is 9.15 Å². The van der Waals surface area contributed by atoms with Gasteiger partial charge in [-0.3, -0.25) is 0 Å². The van der Waals surface area contributed by atoms with Gasteiger partial charge in [0.15, 0.2) is 5.58 Å². The van der Waals surface area contributed by atoms with E-state index in [1.165, 1.54) is 17.7 Å². The topological polar surface area (TPSA) is 47.3 Å². The summed E-state index contributed by atoms with van der Waals surface area (Å²) in [6.45, 7) is 1.05. The van der Waals surface area contributed by atoms with Crippen molar-refractivity contribution in [2.24, 2.45) is 0 Å². The number of anilines is 1. The van der Waals surface area contributed by atoms with Crippen molar-refractivity contribution >= 4 is 16.8 Å². The fourth-order valence-electron chi connectivity index (χ4n) is 2.77. The van der Waals surface area contributed by atoms with Crippen LogP contribution < -0.4 is 10.1 Å². The van der Waals surface area contributed by atoms with Crippen molar-refractivity contribution in [2.75, 3.05) is 19.0 Å². The molecule has 4 nitrogen and oxygen atoms in total. The number of ether oxygens (including phenoxy) is 1. The molecular formula is C17H16N2O2. The number of rotatable bonds is 2. The van der Waals surface area contributed by atoms with Crippen LogP contribution in [0.2, 0.25) is 0 Å². The molecular weight excluding hydrogens is 264 g/mol. The molecule has 0 aliphatic carbocycles. The molecule has 0 saturated carbocycles. The molecule has 1 aliphatic heterocycles. The molecule has 1 aromatic heterocycles. The number of benzene rings is 2. The average Bonchev–Trinajstić information content (AvgIpc) is 2.97. The third kappa shape index (κ3) is 2.13.